The Morgan fingerprint density at radius 3 is 1.64 bits per heavy atom. The summed E-state index contributed by atoms with van der Waals surface area (Å²) in [6.07, 6.45) is 6.54. The van der Waals surface area contributed by atoms with Gasteiger partial charge < -0.3 is 26.2 Å². The summed E-state index contributed by atoms with van der Waals surface area (Å²) in [4.78, 5) is 21.9. The topological polar surface area (TPSA) is 154 Å². The van der Waals surface area contributed by atoms with Gasteiger partial charge in [0.05, 0.1) is 34.6 Å². The molecule has 0 saturated heterocycles. The molecule has 80 heavy (non-hydrogen) atoms. The number of anilines is 3. The lowest BCUT2D eigenvalue weighted by Crippen LogP contribution is -2.33. The Kier molecular flexibility index (Phi) is 27.7. The normalized spacial score (nSPS) is 11.5. The van der Waals surface area contributed by atoms with Crippen LogP contribution in [0.5, 0.6) is 0 Å². The van der Waals surface area contributed by atoms with Crippen LogP contribution in [0, 0.1) is 12.3 Å². The number of guanidine groups is 2. The fraction of sp³-hybridized carbons (Fsp3) is 0.211. The summed E-state index contributed by atoms with van der Waals surface area (Å²) in [6, 6.07) is 47.8. The Labute approximate surface area is 510 Å². The molecule has 0 heterocycles. The van der Waals surface area contributed by atoms with E-state index in [-0.39, 0.29) is 11.6 Å². The van der Waals surface area contributed by atoms with Crippen LogP contribution in [0.25, 0.3) is 0 Å². The maximum Gasteiger partial charge on any atom is 0.297 e. The van der Waals surface area contributed by atoms with Crippen molar-refractivity contribution in [2.75, 3.05) is 80.3 Å². The SMILES string of the molecule is CSc1cccc(N(C)C(=N)Cc2cc(SSc3ccc(Cl)c(N=C(N)N(C)c4cccc(SC)c4)c3)ccc2Cl)c1.CSc1cccc(N(C)C(N)=Nc2cc(S)ccc2SCCF)c1.Cc1ccc(S(=O)(=O)OCCF)cc1. The zero-order valence-electron chi connectivity index (χ0n) is 44.9. The first kappa shape index (κ1) is 66.2. The van der Waals surface area contributed by atoms with E-state index < -0.39 is 23.4 Å². The van der Waals surface area contributed by atoms with Gasteiger partial charge in [-0.3, -0.25) is 14.0 Å². The number of amidine groups is 1. The van der Waals surface area contributed by atoms with E-state index in [0.29, 0.717) is 51.3 Å². The van der Waals surface area contributed by atoms with Crippen molar-refractivity contribution < 1.29 is 21.4 Å². The van der Waals surface area contributed by atoms with Gasteiger partial charge in [0.2, 0.25) is 11.9 Å². The van der Waals surface area contributed by atoms with E-state index in [1.807, 2.05) is 159 Å². The van der Waals surface area contributed by atoms with Crippen molar-refractivity contribution in [2.45, 2.75) is 52.5 Å². The highest BCUT2D eigenvalue weighted by atomic mass is 35.5. The average molecular weight is 1270 g/mol. The summed E-state index contributed by atoms with van der Waals surface area (Å²) in [5, 5.41) is 9.88. The molecule has 5 N–H and O–H groups in total. The van der Waals surface area contributed by atoms with Gasteiger partial charge in [0.15, 0.2) is 0 Å². The third kappa shape index (κ3) is 20.7. The second-order valence-corrected chi connectivity index (χ2v) is 25.8. The van der Waals surface area contributed by atoms with Gasteiger partial charge in [-0.2, -0.15) is 8.42 Å². The monoisotopic (exact) mass is 1270 g/mol. The van der Waals surface area contributed by atoms with Gasteiger partial charge in [-0.15, -0.1) is 59.7 Å². The number of nitrogens with zero attached hydrogens (tertiary/aromatic N) is 5. The zero-order valence-corrected chi connectivity index (χ0v) is 53.0. The molecule has 0 aromatic heterocycles. The first-order valence-corrected chi connectivity index (χ1v) is 33.6. The van der Waals surface area contributed by atoms with Crippen molar-refractivity contribution in [3.05, 3.63) is 173 Å². The summed E-state index contributed by atoms with van der Waals surface area (Å²) in [5.41, 5.74) is 18.6. The van der Waals surface area contributed by atoms with E-state index in [2.05, 4.69) is 57.1 Å². The maximum atomic E-state index is 12.5. The van der Waals surface area contributed by atoms with Crippen LogP contribution in [-0.4, -0.2) is 91.8 Å². The van der Waals surface area contributed by atoms with Crippen LogP contribution in [0.3, 0.4) is 0 Å². The molecule has 0 aliphatic carbocycles. The fourth-order valence-electron chi connectivity index (χ4n) is 6.82. The molecule has 0 radical (unpaired) electrons. The van der Waals surface area contributed by atoms with Crippen molar-refractivity contribution in [3.63, 3.8) is 0 Å². The van der Waals surface area contributed by atoms with Gasteiger partial charge in [0.1, 0.15) is 12.5 Å². The molecule has 0 fully saturated rings. The van der Waals surface area contributed by atoms with Crippen LogP contribution >= 0.6 is 104 Å². The van der Waals surface area contributed by atoms with E-state index in [1.165, 1.54) is 23.9 Å². The van der Waals surface area contributed by atoms with Gasteiger partial charge >= 0.3 is 0 Å². The number of alkyl halides is 2. The highest BCUT2D eigenvalue weighted by Gasteiger charge is 2.16. The number of thioether (sulfide) groups is 4. The van der Waals surface area contributed by atoms with E-state index in [4.69, 9.17) is 40.1 Å². The lowest BCUT2D eigenvalue weighted by Gasteiger charge is -2.21. The number of thiol groups is 1. The summed E-state index contributed by atoms with van der Waals surface area (Å²) in [6.45, 7) is 0.216. The number of hydrogen-bond donors (Lipinski definition) is 4. The third-order valence-corrected chi connectivity index (χ3v) is 19.2. The smallest absolute Gasteiger partial charge is 0.297 e. The van der Waals surface area contributed by atoms with Crippen LogP contribution < -0.4 is 26.2 Å². The van der Waals surface area contributed by atoms with E-state index in [9.17, 15) is 17.2 Å². The second-order valence-electron chi connectivity index (χ2n) is 16.8. The Hall–Kier alpha value is -4.65. The van der Waals surface area contributed by atoms with Gasteiger partial charge in [0, 0.05) is 89.7 Å². The first-order chi connectivity index (χ1) is 38.3. The Bertz CT molecular complexity index is 3350. The highest BCUT2D eigenvalue weighted by Crippen LogP contribution is 2.41. The molecule has 7 rings (SSSR count). The summed E-state index contributed by atoms with van der Waals surface area (Å²) < 4.78 is 51.2. The standard InChI is InChI=1S/C31H31Cl2N5S4.C17H20FN3S3.C9H11FO3S/c1-37(21-7-5-9-23(17-21)39-3)30(34)16-20-15-25(11-13-27(20)32)41-42-26-12-14-28(33)29(19-26)36-31(35)38(2)22-8-6-10-24(18-22)40-4;1-21(12-4-3-5-14(10-12)23-2)17(19)20-15-11-13(22)6-7-16(15)24-9-8-18;1-8-2-4-9(5-3-8)14(11,12)13-7-6-10/h5-15,17-19,34H,16H2,1-4H3,(H2,35,36);3-7,10-11,22H,8-9H2,1-2H3,(H2,19,20);2-5H,6-7H2,1H3. The maximum absolute atomic E-state index is 12.5. The number of halogens is 4. The van der Waals surface area contributed by atoms with Crippen LogP contribution in [0.15, 0.2) is 201 Å². The first-order valence-electron chi connectivity index (χ1n) is 24.1. The average Bonchev–Trinajstić information content (AvgIpc) is 3.47. The molecule has 0 bridgehead atoms. The largest absolute Gasteiger partial charge is 0.369 e. The molecule has 7 aromatic rings. The summed E-state index contributed by atoms with van der Waals surface area (Å²) >= 11 is 23.8. The molecule has 23 heteroatoms. The summed E-state index contributed by atoms with van der Waals surface area (Å²) in [7, 11) is 5.10. The number of rotatable bonds is 20. The molecule has 0 amide bonds. The molecule has 424 valence electrons. The van der Waals surface area contributed by atoms with E-state index in [0.717, 1.165) is 62.5 Å². The van der Waals surface area contributed by atoms with E-state index in [1.54, 1.807) is 69.0 Å². The zero-order chi connectivity index (χ0) is 58.4. The van der Waals surface area contributed by atoms with Crippen LogP contribution in [0.2, 0.25) is 10.0 Å². The second kappa shape index (κ2) is 33.5. The molecular formula is C57H62Cl2F2N8O3S8. The molecular weight excluding hydrogens is 1210 g/mol. The lowest BCUT2D eigenvalue weighted by molar-refractivity contribution is 0.277. The van der Waals surface area contributed by atoms with E-state index >= 15 is 0 Å². The van der Waals surface area contributed by atoms with Crippen molar-refractivity contribution in [1.29, 1.82) is 5.41 Å². The molecule has 0 unspecified atom stereocenters. The number of likely N-dealkylation sites (N-methyl/N-ethyl adjacent to an activating group) is 1. The Morgan fingerprint density at radius 2 is 1.12 bits per heavy atom. The van der Waals surface area contributed by atoms with Crippen molar-refractivity contribution >= 4 is 161 Å². The molecule has 0 atom stereocenters. The predicted octanol–water partition coefficient (Wildman–Crippen LogP) is 16.5. The number of hydrogen-bond acceptors (Lipinski definition) is 13. The Morgan fingerprint density at radius 1 is 0.625 bits per heavy atom. The minimum absolute atomic E-state index is 0.0524. The fourth-order valence-corrected chi connectivity index (χ4v) is 12.3. The third-order valence-electron chi connectivity index (χ3n) is 11.3. The molecule has 0 aliphatic heterocycles. The number of nitrogens with two attached hydrogens (primary N) is 2. The van der Waals surface area contributed by atoms with Gasteiger partial charge in [-0.1, -0.05) is 80.7 Å². The molecule has 7 aromatic carbocycles. The van der Waals surface area contributed by atoms with Crippen LogP contribution in [0.4, 0.5) is 37.2 Å². The number of aliphatic imine (C=N–C) groups is 2. The van der Waals surface area contributed by atoms with Crippen molar-refractivity contribution in [3.8, 4) is 0 Å². The minimum atomic E-state index is -3.78. The Balaban J connectivity index is 0.000000258. The molecule has 0 saturated carbocycles. The van der Waals surface area contributed by atoms with Gasteiger partial charge in [-0.05, 0) is 153 Å². The quantitative estimate of drug-likeness (QED) is 0.0143. The molecule has 0 aliphatic rings. The summed E-state index contributed by atoms with van der Waals surface area (Å²) in [5.74, 6) is 1.57. The highest BCUT2D eigenvalue weighted by molar-refractivity contribution is 8.76. The van der Waals surface area contributed by atoms with Gasteiger partial charge in [-0.25, -0.2) is 14.4 Å². The van der Waals surface area contributed by atoms with Crippen molar-refractivity contribution in [1.82, 2.24) is 0 Å². The van der Waals surface area contributed by atoms with Gasteiger partial charge in [0.25, 0.3) is 10.1 Å². The van der Waals surface area contributed by atoms with Crippen molar-refractivity contribution in [2.24, 2.45) is 21.5 Å². The number of nitrogens with one attached hydrogen (secondary N) is 1. The lowest BCUT2D eigenvalue weighted by atomic mass is 10.1. The predicted molar refractivity (Wildman–Crippen MR) is 349 cm³/mol. The molecule has 0 spiro atoms. The number of aryl methyl sites for hydroxylation is 1. The van der Waals surface area contributed by atoms with Crippen LogP contribution in [-0.2, 0) is 20.7 Å². The number of benzene rings is 7. The molecule has 11 nitrogen and oxygen atoms in total. The minimum Gasteiger partial charge on any atom is -0.369 e. The van der Waals surface area contributed by atoms with Crippen LogP contribution in [0.1, 0.15) is 11.1 Å².